The normalized spacial score (nSPS) is 12.2. The van der Waals surface area contributed by atoms with Gasteiger partial charge in [0.15, 0.2) is 0 Å². The number of hydrazine groups is 1. The van der Waals surface area contributed by atoms with Crippen molar-refractivity contribution in [1.82, 2.24) is 5.43 Å². The van der Waals surface area contributed by atoms with E-state index in [1.54, 1.807) is 7.11 Å². The summed E-state index contributed by atoms with van der Waals surface area (Å²) >= 11 is 0. The molecule has 0 heterocycles. The summed E-state index contributed by atoms with van der Waals surface area (Å²) in [5.41, 5.74) is 8.93. The number of hydrogen-bond acceptors (Lipinski definition) is 3. The highest BCUT2D eigenvalue weighted by atomic mass is 16.5. The topological polar surface area (TPSA) is 47.3 Å². The van der Waals surface area contributed by atoms with Gasteiger partial charge in [-0.1, -0.05) is 37.3 Å². The molecule has 0 fully saturated rings. The van der Waals surface area contributed by atoms with Crippen molar-refractivity contribution in [3.63, 3.8) is 0 Å². The van der Waals surface area contributed by atoms with E-state index in [0.717, 1.165) is 17.7 Å². The van der Waals surface area contributed by atoms with Crippen molar-refractivity contribution in [2.24, 2.45) is 5.84 Å². The summed E-state index contributed by atoms with van der Waals surface area (Å²) in [4.78, 5) is 0. The minimum absolute atomic E-state index is 0.0725. The highest BCUT2D eigenvalue weighted by Crippen LogP contribution is 2.34. The molecule has 0 aliphatic heterocycles. The second-order valence-electron chi connectivity index (χ2n) is 5.35. The van der Waals surface area contributed by atoms with Crippen LogP contribution in [0.3, 0.4) is 0 Å². The Labute approximate surface area is 127 Å². The van der Waals surface area contributed by atoms with Crippen molar-refractivity contribution >= 4 is 0 Å². The second-order valence-corrected chi connectivity index (χ2v) is 5.35. The van der Waals surface area contributed by atoms with Gasteiger partial charge >= 0.3 is 0 Å². The molecule has 21 heavy (non-hydrogen) atoms. The summed E-state index contributed by atoms with van der Waals surface area (Å²) in [5, 5.41) is 0. The highest BCUT2D eigenvalue weighted by Gasteiger charge is 2.21. The fraction of sp³-hybridized carbons (Fsp3) is 0.333. The van der Waals surface area contributed by atoms with Gasteiger partial charge in [-0.25, -0.2) is 5.43 Å². The Hall–Kier alpha value is -1.84. The molecule has 2 rings (SSSR count). The molecular formula is C18H24N2O. The average Bonchev–Trinajstić information content (AvgIpc) is 2.49. The number of methoxy groups -OCH3 is 1. The maximum absolute atomic E-state index is 5.89. The standard InChI is InChI=1S/C18H24N2O/c1-5-14-8-6-7-9-15(14)18(20-19)17-13(3)10-12(2)11-16(17)21-4/h6-11,18,20H,5,19H2,1-4H3. The van der Waals surface area contributed by atoms with Crippen molar-refractivity contribution in [2.75, 3.05) is 7.11 Å². The molecule has 0 aliphatic rings. The lowest BCUT2D eigenvalue weighted by Gasteiger charge is -2.24. The van der Waals surface area contributed by atoms with E-state index in [1.165, 1.54) is 22.3 Å². The average molecular weight is 284 g/mol. The number of ether oxygens (including phenoxy) is 1. The van der Waals surface area contributed by atoms with E-state index in [9.17, 15) is 0 Å². The second kappa shape index (κ2) is 6.74. The summed E-state index contributed by atoms with van der Waals surface area (Å²) in [6, 6.07) is 12.5. The molecule has 3 nitrogen and oxygen atoms in total. The fourth-order valence-electron chi connectivity index (χ4n) is 2.95. The number of benzene rings is 2. The van der Waals surface area contributed by atoms with Crippen LogP contribution in [0.25, 0.3) is 0 Å². The van der Waals surface area contributed by atoms with Gasteiger partial charge in [-0.05, 0) is 48.6 Å². The fourth-order valence-corrected chi connectivity index (χ4v) is 2.95. The van der Waals surface area contributed by atoms with Crippen LogP contribution in [0.1, 0.15) is 40.8 Å². The molecule has 1 unspecified atom stereocenters. The summed E-state index contributed by atoms with van der Waals surface area (Å²) in [5.74, 6) is 6.76. The lowest BCUT2D eigenvalue weighted by Crippen LogP contribution is -2.30. The van der Waals surface area contributed by atoms with E-state index in [1.807, 2.05) is 0 Å². The van der Waals surface area contributed by atoms with E-state index in [4.69, 9.17) is 10.6 Å². The van der Waals surface area contributed by atoms with Crippen LogP contribution in [0.4, 0.5) is 0 Å². The van der Waals surface area contributed by atoms with Crippen molar-refractivity contribution in [1.29, 1.82) is 0 Å². The molecule has 0 aromatic heterocycles. The van der Waals surface area contributed by atoms with Crippen LogP contribution in [-0.2, 0) is 6.42 Å². The summed E-state index contributed by atoms with van der Waals surface area (Å²) in [6.45, 7) is 6.33. The smallest absolute Gasteiger partial charge is 0.124 e. The molecule has 3 heteroatoms. The largest absolute Gasteiger partial charge is 0.496 e. The number of aryl methyl sites for hydroxylation is 3. The molecule has 0 saturated carbocycles. The van der Waals surface area contributed by atoms with Gasteiger partial charge in [-0.2, -0.15) is 0 Å². The molecule has 0 bridgehead atoms. The number of rotatable bonds is 5. The SMILES string of the molecule is CCc1ccccc1C(NN)c1c(C)cc(C)cc1OC. The summed E-state index contributed by atoms with van der Waals surface area (Å²) in [6.07, 6.45) is 0.974. The Morgan fingerprint density at radius 1 is 1.19 bits per heavy atom. The van der Waals surface area contributed by atoms with Crippen molar-refractivity contribution in [3.05, 3.63) is 64.2 Å². The van der Waals surface area contributed by atoms with Gasteiger partial charge in [0.05, 0.1) is 13.2 Å². The highest BCUT2D eigenvalue weighted by molar-refractivity contribution is 5.50. The quantitative estimate of drug-likeness (QED) is 0.653. The van der Waals surface area contributed by atoms with Crippen molar-refractivity contribution in [3.8, 4) is 5.75 Å². The molecule has 0 radical (unpaired) electrons. The molecule has 0 amide bonds. The number of nitrogens with two attached hydrogens (primary N) is 1. The van der Waals surface area contributed by atoms with E-state index < -0.39 is 0 Å². The van der Waals surface area contributed by atoms with Crippen LogP contribution in [0, 0.1) is 13.8 Å². The maximum Gasteiger partial charge on any atom is 0.124 e. The van der Waals surface area contributed by atoms with Crippen LogP contribution < -0.4 is 16.0 Å². The Bertz CT molecular complexity index is 623. The maximum atomic E-state index is 5.89. The molecule has 1 atom stereocenters. The minimum Gasteiger partial charge on any atom is -0.496 e. The predicted octanol–water partition coefficient (Wildman–Crippen LogP) is 3.43. The zero-order valence-electron chi connectivity index (χ0n) is 13.2. The van der Waals surface area contributed by atoms with Crippen LogP contribution in [0.15, 0.2) is 36.4 Å². The lowest BCUT2D eigenvalue weighted by atomic mass is 9.90. The Balaban J connectivity index is 2.62. The molecular weight excluding hydrogens is 260 g/mol. The van der Waals surface area contributed by atoms with Crippen LogP contribution in [0.5, 0.6) is 5.75 Å². The Morgan fingerprint density at radius 3 is 2.52 bits per heavy atom. The van der Waals surface area contributed by atoms with Gasteiger partial charge < -0.3 is 4.74 Å². The van der Waals surface area contributed by atoms with Gasteiger partial charge in [-0.3, -0.25) is 5.84 Å². The zero-order valence-corrected chi connectivity index (χ0v) is 13.2. The van der Waals surface area contributed by atoms with Gasteiger partial charge in [0.2, 0.25) is 0 Å². The van der Waals surface area contributed by atoms with E-state index >= 15 is 0 Å². The van der Waals surface area contributed by atoms with Gasteiger partial charge in [0.1, 0.15) is 5.75 Å². The first kappa shape index (κ1) is 15.5. The van der Waals surface area contributed by atoms with Crippen molar-refractivity contribution < 1.29 is 4.74 Å². The van der Waals surface area contributed by atoms with E-state index in [0.29, 0.717) is 0 Å². The first-order chi connectivity index (χ1) is 10.1. The third-order valence-electron chi connectivity index (χ3n) is 3.92. The Morgan fingerprint density at radius 2 is 1.90 bits per heavy atom. The number of nitrogens with one attached hydrogen (secondary N) is 1. The van der Waals surface area contributed by atoms with Crippen LogP contribution in [-0.4, -0.2) is 7.11 Å². The zero-order chi connectivity index (χ0) is 15.4. The van der Waals surface area contributed by atoms with E-state index in [2.05, 4.69) is 62.6 Å². The van der Waals surface area contributed by atoms with Crippen molar-refractivity contribution in [2.45, 2.75) is 33.2 Å². The van der Waals surface area contributed by atoms with Gasteiger partial charge in [0.25, 0.3) is 0 Å². The molecule has 2 aromatic rings. The number of hydrogen-bond donors (Lipinski definition) is 2. The first-order valence-corrected chi connectivity index (χ1v) is 7.31. The summed E-state index contributed by atoms with van der Waals surface area (Å²) in [7, 11) is 1.71. The monoisotopic (exact) mass is 284 g/mol. The molecule has 2 aromatic carbocycles. The predicted molar refractivity (Wildman–Crippen MR) is 87.5 cm³/mol. The first-order valence-electron chi connectivity index (χ1n) is 7.31. The van der Waals surface area contributed by atoms with Crippen LogP contribution in [0.2, 0.25) is 0 Å². The van der Waals surface area contributed by atoms with Crippen LogP contribution >= 0.6 is 0 Å². The lowest BCUT2D eigenvalue weighted by molar-refractivity contribution is 0.403. The summed E-state index contributed by atoms with van der Waals surface area (Å²) < 4.78 is 5.59. The molecule has 0 spiro atoms. The third kappa shape index (κ3) is 3.09. The Kier molecular flexibility index (Phi) is 4.99. The minimum atomic E-state index is -0.0725. The van der Waals surface area contributed by atoms with Gasteiger partial charge in [-0.15, -0.1) is 0 Å². The van der Waals surface area contributed by atoms with Gasteiger partial charge in [0, 0.05) is 5.56 Å². The molecule has 0 saturated heterocycles. The molecule has 3 N–H and O–H groups in total. The molecule has 112 valence electrons. The molecule has 0 aliphatic carbocycles. The third-order valence-corrected chi connectivity index (χ3v) is 3.92. The van der Waals surface area contributed by atoms with E-state index in [-0.39, 0.29) is 6.04 Å².